The number of nitrogens with two attached hydrogens (primary N) is 1. The van der Waals surface area contributed by atoms with E-state index in [2.05, 4.69) is 0 Å². The second kappa shape index (κ2) is 4.62. The summed E-state index contributed by atoms with van der Waals surface area (Å²) in [7, 11) is 0. The fourth-order valence-corrected chi connectivity index (χ4v) is 1.14. The van der Waals surface area contributed by atoms with E-state index in [-0.39, 0.29) is 11.6 Å². The van der Waals surface area contributed by atoms with Gasteiger partial charge in [0.2, 0.25) is 0 Å². The highest BCUT2D eigenvalue weighted by molar-refractivity contribution is 5.97. The Labute approximate surface area is 82.8 Å². The van der Waals surface area contributed by atoms with Crippen molar-refractivity contribution in [1.82, 2.24) is 0 Å². The maximum absolute atomic E-state index is 9.69. The van der Waals surface area contributed by atoms with Crippen LogP contribution in [-0.2, 0) is 11.3 Å². The van der Waals surface area contributed by atoms with Crippen LogP contribution in [0.4, 0.5) is 0 Å². The molecule has 0 saturated carbocycles. The molecule has 0 aromatic heterocycles. The molecule has 0 unspecified atom stereocenters. The van der Waals surface area contributed by atoms with Crippen molar-refractivity contribution >= 4 is 5.84 Å². The van der Waals surface area contributed by atoms with Crippen LogP contribution in [0.1, 0.15) is 18.1 Å². The molecule has 0 bridgehead atoms. The van der Waals surface area contributed by atoms with E-state index in [1.807, 2.05) is 6.92 Å². The van der Waals surface area contributed by atoms with Crippen LogP contribution in [0.2, 0.25) is 0 Å². The number of nitrogen functional groups attached to an aromatic ring is 1. The molecule has 0 fully saturated rings. The summed E-state index contributed by atoms with van der Waals surface area (Å²) in [6, 6.07) is 5.09. The van der Waals surface area contributed by atoms with Crippen LogP contribution in [0.25, 0.3) is 0 Å². The number of ether oxygens (including phenoxy) is 1. The first-order valence-electron chi connectivity index (χ1n) is 4.39. The SMILES string of the molecule is CCOCc1cccc(C(=N)N)c1O. The molecule has 0 atom stereocenters. The van der Waals surface area contributed by atoms with Gasteiger partial charge in [-0.3, -0.25) is 5.41 Å². The fourth-order valence-electron chi connectivity index (χ4n) is 1.14. The van der Waals surface area contributed by atoms with Crippen molar-refractivity contribution in [3.63, 3.8) is 0 Å². The lowest BCUT2D eigenvalue weighted by atomic mass is 10.1. The zero-order chi connectivity index (χ0) is 10.6. The molecule has 0 aliphatic rings. The summed E-state index contributed by atoms with van der Waals surface area (Å²) in [5.41, 5.74) is 6.30. The highest BCUT2D eigenvalue weighted by atomic mass is 16.5. The Morgan fingerprint density at radius 2 is 2.29 bits per heavy atom. The Kier molecular flexibility index (Phi) is 3.48. The van der Waals surface area contributed by atoms with Crippen molar-refractivity contribution in [2.24, 2.45) is 5.73 Å². The first-order chi connectivity index (χ1) is 6.66. The largest absolute Gasteiger partial charge is 0.507 e. The van der Waals surface area contributed by atoms with E-state index in [1.165, 1.54) is 0 Å². The van der Waals surface area contributed by atoms with Gasteiger partial charge in [0, 0.05) is 12.2 Å². The van der Waals surface area contributed by atoms with Crippen molar-refractivity contribution < 1.29 is 9.84 Å². The number of aromatic hydroxyl groups is 1. The van der Waals surface area contributed by atoms with Gasteiger partial charge in [0.05, 0.1) is 12.2 Å². The van der Waals surface area contributed by atoms with Gasteiger partial charge in [-0.25, -0.2) is 0 Å². The Balaban J connectivity index is 2.95. The third-order valence-corrected chi connectivity index (χ3v) is 1.87. The normalized spacial score (nSPS) is 10.1. The summed E-state index contributed by atoms with van der Waals surface area (Å²) in [6.45, 7) is 2.80. The van der Waals surface area contributed by atoms with Gasteiger partial charge in [0.1, 0.15) is 11.6 Å². The summed E-state index contributed by atoms with van der Waals surface area (Å²) in [5.74, 6) is -0.103. The number of para-hydroxylation sites is 1. The topological polar surface area (TPSA) is 79.3 Å². The van der Waals surface area contributed by atoms with E-state index in [0.29, 0.717) is 24.3 Å². The first kappa shape index (κ1) is 10.5. The summed E-state index contributed by atoms with van der Waals surface area (Å²) in [5, 5.41) is 16.9. The number of nitrogens with one attached hydrogen (secondary N) is 1. The number of benzene rings is 1. The minimum absolute atomic E-state index is 0.0356. The van der Waals surface area contributed by atoms with Crippen LogP contribution in [-0.4, -0.2) is 17.5 Å². The quantitative estimate of drug-likeness (QED) is 0.498. The number of phenols is 1. The minimum atomic E-state index is -0.138. The van der Waals surface area contributed by atoms with Gasteiger partial charge in [-0.15, -0.1) is 0 Å². The van der Waals surface area contributed by atoms with E-state index >= 15 is 0 Å². The van der Waals surface area contributed by atoms with Crippen LogP contribution >= 0.6 is 0 Å². The molecule has 14 heavy (non-hydrogen) atoms. The number of hydrogen-bond acceptors (Lipinski definition) is 3. The molecule has 0 aliphatic carbocycles. The standard InChI is InChI=1S/C10H14N2O2/c1-2-14-6-7-4-3-5-8(9(7)13)10(11)12/h3-5,13H,2,6H2,1H3,(H3,11,12). The maximum atomic E-state index is 9.69. The van der Waals surface area contributed by atoms with Crippen molar-refractivity contribution in [3.05, 3.63) is 29.3 Å². The molecule has 0 radical (unpaired) electrons. The van der Waals surface area contributed by atoms with Gasteiger partial charge < -0.3 is 15.6 Å². The Morgan fingerprint density at radius 1 is 1.57 bits per heavy atom. The Bertz CT molecular complexity index is 337. The van der Waals surface area contributed by atoms with Crippen LogP contribution in [0.15, 0.2) is 18.2 Å². The average molecular weight is 194 g/mol. The second-order valence-electron chi connectivity index (χ2n) is 2.86. The molecule has 1 rings (SSSR count). The first-order valence-corrected chi connectivity index (χ1v) is 4.39. The van der Waals surface area contributed by atoms with Crippen molar-refractivity contribution in [2.45, 2.75) is 13.5 Å². The van der Waals surface area contributed by atoms with E-state index in [4.69, 9.17) is 15.9 Å². The van der Waals surface area contributed by atoms with E-state index in [1.54, 1.807) is 18.2 Å². The van der Waals surface area contributed by atoms with E-state index in [9.17, 15) is 5.11 Å². The van der Waals surface area contributed by atoms with Crippen LogP contribution in [0.3, 0.4) is 0 Å². The lowest BCUT2D eigenvalue weighted by molar-refractivity contribution is 0.132. The number of amidine groups is 1. The second-order valence-corrected chi connectivity index (χ2v) is 2.86. The van der Waals surface area contributed by atoms with Gasteiger partial charge in [-0.05, 0) is 13.0 Å². The van der Waals surface area contributed by atoms with Crippen LogP contribution in [0.5, 0.6) is 5.75 Å². The molecule has 0 aliphatic heterocycles. The van der Waals surface area contributed by atoms with Gasteiger partial charge in [0.25, 0.3) is 0 Å². The molecule has 0 saturated heterocycles. The number of hydrogen-bond donors (Lipinski definition) is 3. The summed E-state index contributed by atoms with van der Waals surface area (Å²) < 4.78 is 5.16. The van der Waals surface area contributed by atoms with E-state index < -0.39 is 0 Å². The Hall–Kier alpha value is -1.55. The molecular formula is C10H14N2O2. The monoisotopic (exact) mass is 194 g/mol. The fraction of sp³-hybridized carbons (Fsp3) is 0.300. The molecule has 4 N–H and O–H groups in total. The molecular weight excluding hydrogens is 180 g/mol. The maximum Gasteiger partial charge on any atom is 0.131 e. The van der Waals surface area contributed by atoms with Crippen LogP contribution in [0, 0.1) is 5.41 Å². The van der Waals surface area contributed by atoms with Crippen LogP contribution < -0.4 is 5.73 Å². The molecule has 1 aromatic rings. The van der Waals surface area contributed by atoms with Crippen molar-refractivity contribution in [1.29, 1.82) is 5.41 Å². The van der Waals surface area contributed by atoms with Gasteiger partial charge in [-0.2, -0.15) is 0 Å². The summed E-state index contributed by atoms with van der Waals surface area (Å²) >= 11 is 0. The summed E-state index contributed by atoms with van der Waals surface area (Å²) in [4.78, 5) is 0. The van der Waals surface area contributed by atoms with Gasteiger partial charge in [0.15, 0.2) is 0 Å². The molecule has 4 nitrogen and oxygen atoms in total. The highest BCUT2D eigenvalue weighted by Gasteiger charge is 2.08. The third kappa shape index (κ3) is 2.23. The van der Waals surface area contributed by atoms with E-state index in [0.717, 1.165) is 0 Å². The average Bonchev–Trinajstić information content (AvgIpc) is 2.16. The Morgan fingerprint density at radius 3 is 2.86 bits per heavy atom. The minimum Gasteiger partial charge on any atom is -0.507 e. The lowest BCUT2D eigenvalue weighted by Crippen LogP contribution is -2.11. The van der Waals surface area contributed by atoms with Gasteiger partial charge in [-0.1, -0.05) is 12.1 Å². The van der Waals surface area contributed by atoms with Crippen molar-refractivity contribution in [2.75, 3.05) is 6.61 Å². The molecule has 0 heterocycles. The molecule has 76 valence electrons. The lowest BCUT2D eigenvalue weighted by Gasteiger charge is -2.08. The smallest absolute Gasteiger partial charge is 0.131 e. The predicted octanol–water partition coefficient (Wildman–Crippen LogP) is 1.21. The molecule has 1 aromatic carbocycles. The molecule has 0 spiro atoms. The summed E-state index contributed by atoms with van der Waals surface area (Å²) in [6.07, 6.45) is 0. The zero-order valence-electron chi connectivity index (χ0n) is 8.08. The third-order valence-electron chi connectivity index (χ3n) is 1.87. The highest BCUT2D eigenvalue weighted by Crippen LogP contribution is 2.22. The van der Waals surface area contributed by atoms with Crippen molar-refractivity contribution in [3.8, 4) is 5.75 Å². The number of rotatable bonds is 4. The number of phenolic OH excluding ortho intramolecular Hbond substituents is 1. The predicted molar refractivity (Wildman–Crippen MR) is 54.5 cm³/mol. The van der Waals surface area contributed by atoms with Gasteiger partial charge >= 0.3 is 0 Å². The zero-order valence-corrected chi connectivity index (χ0v) is 8.08. The molecule has 4 heteroatoms. The molecule has 0 amide bonds.